The Morgan fingerprint density at radius 3 is 2.46 bits per heavy atom. The van der Waals surface area contributed by atoms with Gasteiger partial charge in [-0.2, -0.15) is 13.5 Å². The Balaban J connectivity index is 1.62. The van der Waals surface area contributed by atoms with Crippen LogP contribution in [0.2, 0.25) is 5.02 Å². The van der Waals surface area contributed by atoms with E-state index in [2.05, 4.69) is 9.93 Å². The number of nitrogens with zero attached hydrogens (tertiary/aromatic N) is 1. The summed E-state index contributed by atoms with van der Waals surface area (Å²) in [5, 5.41) is 4.52. The van der Waals surface area contributed by atoms with Gasteiger partial charge >= 0.3 is 0 Å². The van der Waals surface area contributed by atoms with Gasteiger partial charge in [0.2, 0.25) is 0 Å². The predicted molar refractivity (Wildman–Crippen MR) is 111 cm³/mol. The minimum absolute atomic E-state index is 0.162. The lowest BCUT2D eigenvalue weighted by atomic mass is 10.2. The fourth-order valence-corrected chi connectivity index (χ4v) is 3.29. The van der Waals surface area contributed by atoms with Crippen molar-refractivity contribution in [3.05, 3.63) is 94.5 Å². The second kappa shape index (κ2) is 8.91. The smallest absolute Gasteiger partial charge is 0.276 e. The number of hydrogen-bond donors (Lipinski definition) is 1. The van der Waals surface area contributed by atoms with Gasteiger partial charge in [-0.25, -0.2) is 4.83 Å². The summed E-state index contributed by atoms with van der Waals surface area (Å²) in [6.07, 6.45) is 1.43. The van der Waals surface area contributed by atoms with Crippen LogP contribution in [0.3, 0.4) is 0 Å². The maximum Gasteiger partial charge on any atom is 0.276 e. The largest absolute Gasteiger partial charge is 0.489 e. The topological polar surface area (TPSA) is 67.8 Å². The maximum absolute atomic E-state index is 12.2. The molecule has 0 unspecified atom stereocenters. The van der Waals surface area contributed by atoms with Crippen molar-refractivity contribution in [2.24, 2.45) is 5.10 Å². The lowest BCUT2D eigenvalue weighted by molar-refractivity contribution is 0.306. The molecule has 0 aliphatic rings. The number of hydrogen-bond acceptors (Lipinski definition) is 4. The zero-order valence-corrected chi connectivity index (χ0v) is 16.7. The van der Waals surface area contributed by atoms with Gasteiger partial charge in [0, 0.05) is 5.02 Å². The molecule has 0 atom stereocenters. The third-order valence-corrected chi connectivity index (χ3v) is 5.39. The highest BCUT2D eigenvalue weighted by Gasteiger charge is 2.11. The van der Waals surface area contributed by atoms with Crippen LogP contribution < -0.4 is 9.57 Å². The van der Waals surface area contributed by atoms with E-state index in [1.165, 1.54) is 6.21 Å². The molecule has 1 N–H and O–H groups in total. The van der Waals surface area contributed by atoms with Crippen molar-refractivity contribution in [2.45, 2.75) is 18.4 Å². The number of halogens is 1. The van der Waals surface area contributed by atoms with E-state index in [4.69, 9.17) is 16.3 Å². The summed E-state index contributed by atoms with van der Waals surface area (Å²) in [5.74, 6) is 0.653. The summed E-state index contributed by atoms with van der Waals surface area (Å²) in [6.45, 7) is 2.29. The molecular formula is C21H19ClN2O3S. The van der Waals surface area contributed by atoms with Crippen molar-refractivity contribution in [1.29, 1.82) is 0 Å². The molecule has 0 aromatic heterocycles. The first-order valence-corrected chi connectivity index (χ1v) is 10.4. The Hall–Kier alpha value is -2.83. The molecule has 0 radical (unpaired) electrons. The molecule has 0 bridgehead atoms. The van der Waals surface area contributed by atoms with Crippen molar-refractivity contribution in [3.8, 4) is 5.75 Å². The van der Waals surface area contributed by atoms with E-state index in [9.17, 15) is 8.42 Å². The van der Waals surface area contributed by atoms with Crippen molar-refractivity contribution in [2.75, 3.05) is 0 Å². The van der Waals surface area contributed by atoms with Crippen LogP contribution in [0.5, 0.6) is 5.75 Å². The van der Waals surface area contributed by atoms with Crippen molar-refractivity contribution in [1.82, 2.24) is 4.83 Å². The number of benzene rings is 3. The van der Waals surface area contributed by atoms with E-state index < -0.39 is 10.0 Å². The molecule has 7 heteroatoms. The number of sulfonamides is 1. The minimum atomic E-state index is -3.70. The lowest BCUT2D eigenvalue weighted by Crippen LogP contribution is -2.18. The van der Waals surface area contributed by atoms with Gasteiger partial charge in [-0.05, 0) is 54.4 Å². The normalized spacial score (nSPS) is 11.5. The molecule has 0 heterocycles. The van der Waals surface area contributed by atoms with Gasteiger partial charge in [0.25, 0.3) is 10.0 Å². The second-order valence-electron chi connectivity index (χ2n) is 6.15. The Bertz CT molecular complexity index is 1060. The fourth-order valence-electron chi connectivity index (χ4n) is 2.37. The van der Waals surface area contributed by atoms with Crippen LogP contribution in [0.15, 0.2) is 82.8 Å². The van der Waals surface area contributed by atoms with Crippen LogP contribution in [0, 0.1) is 6.92 Å². The van der Waals surface area contributed by atoms with E-state index in [1.807, 2.05) is 43.3 Å². The van der Waals surface area contributed by atoms with E-state index in [0.29, 0.717) is 22.9 Å². The van der Waals surface area contributed by atoms with Crippen LogP contribution >= 0.6 is 11.6 Å². The van der Waals surface area contributed by atoms with Crippen LogP contribution in [0.25, 0.3) is 0 Å². The molecule has 0 spiro atoms. The molecule has 0 amide bonds. The average Bonchev–Trinajstić information content (AvgIpc) is 2.68. The fraction of sp³-hybridized carbons (Fsp3) is 0.0952. The molecule has 144 valence electrons. The number of rotatable bonds is 7. The van der Waals surface area contributed by atoms with Crippen LogP contribution in [0.4, 0.5) is 0 Å². The quantitative estimate of drug-likeness (QED) is 0.456. The first kappa shape index (κ1) is 19.9. The molecule has 0 fully saturated rings. The monoisotopic (exact) mass is 414 g/mol. The van der Waals surface area contributed by atoms with E-state index in [-0.39, 0.29) is 4.90 Å². The third-order valence-electron chi connectivity index (χ3n) is 3.89. The molecule has 3 rings (SSSR count). The van der Waals surface area contributed by atoms with E-state index >= 15 is 0 Å². The van der Waals surface area contributed by atoms with Gasteiger partial charge in [-0.15, -0.1) is 0 Å². The zero-order chi connectivity index (χ0) is 20.0. The molecule has 28 heavy (non-hydrogen) atoms. The number of nitrogens with one attached hydrogen (secondary N) is 1. The zero-order valence-electron chi connectivity index (χ0n) is 15.2. The molecule has 5 nitrogen and oxygen atoms in total. The Kier molecular flexibility index (Phi) is 6.34. The molecule has 3 aromatic carbocycles. The summed E-state index contributed by atoms with van der Waals surface area (Å²) in [5.41, 5.74) is 2.69. The highest BCUT2D eigenvalue weighted by atomic mass is 35.5. The molecule has 0 aliphatic heterocycles. The first-order valence-electron chi connectivity index (χ1n) is 8.51. The van der Waals surface area contributed by atoms with E-state index in [1.54, 1.807) is 36.4 Å². The highest BCUT2D eigenvalue weighted by molar-refractivity contribution is 7.89. The summed E-state index contributed by atoms with van der Waals surface area (Å²) in [4.78, 5) is 2.38. The highest BCUT2D eigenvalue weighted by Crippen LogP contribution is 2.16. The summed E-state index contributed by atoms with van der Waals surface area (Å²) < 4.78 is 30.2. The second-order valence-corrected chi connectivity index (χ2v) is 8.25. The van der Waals surface area contributed by atoms with Crippen LogP contribution in [-0.4, -0.2) is 14.6 Å². The van der Waals surface area contributed by atoms with Crippen molar-refractivity contribution in [3.63, 3.8) is 0 Å². The molecule has 0 aliphatic carbocycles. The third kappa shape index (κ3) is 5.58. The van der Waals surface area contributed by atoms with Crippen molar-refractivity contribution < 1.29 is 13.2 Å². The predicted octanol–water partition coefficient (Wildman–Crippen LogP) is 4.54. The number of ether oxygens (including phenoxy) is 1. The lowest BCUT2D eigenvalue weighted by Gasteiger charge is -2.07. The summed E-state index contributed by atoms with van der Waals surface area (Å²) >= 11 is 5.87. The number of hydrazone groups is 1. The Labute approximate surface area is 169 Å². The van der Waals surface area contributed by atoms with Gasteiger partial charge in [-0.1, -0.05) is 53.6 Å². The Morgan fingerprint density at radius 1 is 1.04 bits per heavy atom. The SMILES string of the molecule is Cc1ccc(S(=O)(=O)N/N=C\c2cccc(OCc3ccc(Cl)cc3)c2)cc1. The first-order chi connectivity index (χ1) is 13.4. The van der Waals surface area contributed by atoms with Gasteiger partial charge in [0.15, 0.2) is 0 Å². The summed E-state index contributed by atoms with van der Waals surface area (Å²) in [6, 6.07) is 21.2. The molecule has 0 saturated carbocycles. The summed E-state index contributed by atoms with van der Waals surface area (Å²) in [7, 11) is -3.70. The van der Waals surface area contributed by atoms with Crippen molar-refractivity contribution >= 4 is 27.8 Å². The number of aryl methyl sites for hydroxylation is 1. The van der Waals surface area contributed by atoms with Crippen LogP contribution in [0.1, 0.15) is 16.7 Å². The van der Waals surface area contributed by atoms with Crippen LogP contribution in [-0.2, 0) is 16.6 Å². The van der Waals surface area contributed by atoms with E-state index in [0.717, 1.165) is 11.1 Å². The van der Waals surface area contributed by atoms with Gasteiger partial charge < -0.3 is 4.74 Å². The molecule has 0 saturated heterocycles. The van der Waals surface area contributed by atoms with Gasteiger partial charge in [0.05, 0.1) is 11.1 Å². The van der Waals surface area contributed by atoms with Gasteiger partial charge in [-0.3, -0.25) is 0 Å². The molecular weight excluding hydrogens is 396 g/mol. The molecule has 3 aromatic rings. The minimum Gasteiger partial charge on any atom is -0.489 e. The average molecular weight is 415 g/mol. The standard InChI is InChI=1S/C21H19ClN2O3S/c1-16-5-11-21(12-6-16)28(25,26)24-23-14-18-3-2-4-20(13-18)27-15-17-7-9-19(22)10-8-17/h2-14,24H,15H2,1H3/b23-14-. The Morgan fingerprint density at radius 2 is 1.75 bits per heavy atom. The maximum atomic E-state index is 12.2. The van der Waals surface area contributed by atoms with Gasteiger partial charge in [0.1, 0.15) is 12.4 Å².